The first kappa shape index (κ1) is 18.1. The van der Waals surface area contributed by atoms with Crippen molar-refractivity contribution in [3.8, 4) is 0 Å². The lowest BCUT2D eigenvalue weighted by Crippen LogP contribution is -2.36. The minimum Gasteiger partial charge on any atom is -0.379 e. The fraction of sp³-hybridized carbons (Fsp3) is 0.294. The summed E-state index contributed by atoms with van der Waals surface area (Å²) < 4.78 is 47.2. The number of rotatable bonds is 5. The van der Waals surface area contributed by atoms with E-state index in [0.29, 0.717) is 43.4 Å². The van der Waals surface area contributed by atoms with E-state index in [1.54, 1.807) is 6.07 Å². The zero-order chi connectivity index (χ0) is 17.9. The van der Waals surface area contributed by atoms with Gasteiger partial charge in [-0.1, -0.05) is 17.7 Å². The largest absolute Gasteiger partial charge is 0.379 e. The molecular weight excluding hydrogens is 367 g/mol. The summed E-state index contributed by atoms with van der Waals surface area (Å²) in [5, 5.41) is 0.442. The molecule has 0 aliphatic carbocycles. The Bertz CT molecular complexity index is 837. The Kier molecular flexibility index (Phi) is 5.58. The van der Waals surface area contributed by atoms with Crippen LogP contribution in [-0.4, -0.2) is 39.6 Å². The number of sulfonamides is 1. The SMILES string of the molecule is O=S(=O)(Nc1cccc(F)c1CN1CCOCC1)c1ccc(Cl)cc1. The summed E-state index contributed by atoms with van der Waals surface area (Å²) >= 11 is 5.80. The molecule has 0 amide bonds. The van der Waals surface area contributed by atoms with Crippen LogP contribution in [0.3, 0.4) is 0 Å². The molecule has 3 rings (SSSR count). The maximum Gasteiger partial charge on any atom is 0.261 e. The average molecular weight is 385 g/mol. The van der Waals surface area contributed by atoms with Crippen LogP contribution in [0.1, 0.15) is 5.56 Å². The zero-order valence-electron chi connectivity index (χ0n) is 13.4. The smallest absolute Gasteiger partial charge is 0.261 e. The number of hydrogen-bond acceptors (Lipinski definition) is 4. The Balaban J connectivity index is 1.86. The number of ether oxygens (including phenoxy) is 1. The van der Waals surface area contributed by atoms with E-state index in [-0.39, 0.29) is 10.6 Å². The predicted molar refractivity (Wildman–Crippen MR) is 94.8 cm³/mol. The molecule has 0 saturated carbocycles. The van der Waals surface area contributed by atoms with Gasteiger partial charge in [-0.25, -0.2) is 12.8 Å². The lowest BCUT2D eigenvalue weighted by Gasteiger charge is -2.27. The first-order valence-corrected chi connectivity index (χ1v) is 9.68. The third-order valence-electron chi connectivity index (χ3n) is 3.97. The van der Waals surface area contributed by atoms with Crippen molar-refractivity contribution in [2.75, 3.05) is 31.0 Å². The summed E-state index contributed by atoms with van der Waals surface area (Å²) in [5.41, 5.74) is 0.559. The summed E-state index contributed by atoms with van der Waals surface area (Å²) in [7, 11) is -3.83. The van der Waals surface area contributed by atoms with E-state index in [1.165, 1.54) is 36.4 Å². The fourth-order valence-electron chi connectivity index (χ4n) is 2.62. The number of nitrogens with zero attached hydrogens (tertiary/aromatic N) is 1. The van der Waals surface area contributed by atoms with Crippen molar-refractivity contribution >= 4 is 27.3 Å². The summed E-state index contributed by atoms with van der Waals surface area (Å²) in [6, 6.07) is 10.2. The molecule has 25 heavy (non-hydrogen) atoms. The van der Waals surface area contributed by atoms with Crippen LogP contribution in [0.4, 0.5) is 10.1 Å². The van der Waals surface area contributed by atoms with Crippen molar-refractivity contribution in [1.82, 2.24) is 4.90 Å². The highest BCUT2D eigenvalue weighted by atomic mass is 35.5. The van der Waals surface area contributed by atoms with Gasteiger partial charge in [0.2, 0.25) is 0 Å². The van der Waals surface area contributed by atoms with Gasteiger partial charge in [0.1, 0.15) is 5.82 Å². The van der Waals surface area contributed by atoms with Crippen LogP contribution in [0, 0.1) is 5.82 Å². The highest BCUT2D eigenvalue weighted by Crippen LogP contribution is 2.25. The second-order valence-corrected chi connectivity index (χ2v) is 7.83. The standard InChI is InChI=1S/C17H18ClFN2O3S/c18-13-4-6-14(7-5-13)25(22,23)20-17-3-1-2-16(19)15(17)12-21-8-10-24-11-9-21/h1-7,20H,8-12H2. The maximum atomic E-state index is 14.3. The van der Waals surface area contributed by atoms with Crippen LogP contribution < -0.4 is 4.72 Å². The molecule has 134 valence electrons. The minimum atomic E-state index is -3.83. The van der Waals surface area contributed by atoms with E-state index < -0.39 is 15.8 Å². The molecule has 1 saturated heterocycles. The molecular formula is C17H18ClFN2O3S. The van der Waals surface area contributed by atoms with Gasteiger partial charge in [0.05, 0.1) is 23.8 Å². The molecule has 0 bridgehead atoms. The molecule has 0 atom stereocenters. The molecule has 0 spiro atoms. The van der Waals surface area contributed by atoms with Gasteiger partial charge in [-0.05, 0) is 36.4 Å². The van der Waals surface area contributed by atoms with Gasteiger partial charge in [0.25, 0.3) is 10.0 Å². The molecule has 1 N–H and O–H groups in total. The molecule has 0 aromatic heterocycles. The topological polar surface area (TPSA) is 58.6 Å². The Hall–Kier alpha value is -1.67. The minimum absolute atomic E-state index is 0.0680. The highest BCUT2D eigenvalue weighted by molar-refractivity contribution is 7.92. The molecule has 1 heterocycles. The number of halogens is 2. The van der Waals surface area contributed by atoms with E-state index in [9.17, 15) is 12.8 Å². The summed E-state index contributed by atoms with van der Waals surface area (Å²) in [5.74, 6) is -0.442. The van der Waals surface area contributed by atoms with Gasteiger partial charge < -0.3 is 4.74 Å². The van der Waals surface area contributed by atoms with Crippen molar-refractivity contribution < 1.29 is 17.5 Å². The van der Waals surface area contributed by atoms with Gasteiger partial charge in [0.15, 0.2) is 0 Å². The van der Waals surface area contributed by atoms with E-state index in [4.69, 9.17) is 16.3 Å². The molecule has 5 nitrogen and oxygen atoms in total. The van der Waals surface area contributed by atoms with Gasteiger partial charge in [-0.15, -0.1) is 0 Å². The second-order valence-electron chi connectivity index (χ2n) is 5.71. The quantitative estimate of drug-likeness (QED) is 0.860. The van der Waals surface area contributed by atoms with Crippen molar-refractivity contribution in [2.24, 2.45) is 0 Å². The van der Waals surface area contributed by atoms with Gasteiger partial charge in [0, 0.05) is 30.2 Å². The molecule has 1 fully saturated rings. The van der Waals surface area contributed by atoms with Gasteiger partial charge >= 0.3 is 0 Å². The first-order chi connectivity index (χ1) is 12.0. The zero-order valence-corrected chi connectivity index (χ0v) is 15.0. The summed E-state index contributed by atoms with van der Waals surface area (Å²) in [4.78, 5) is 2.10. The summed E-state index contributed by atoms with van der Waals surface area (Å²) in [6.07, 6.45) is 0. The van der Waals surface area contributed by atoms with Gasteiger partial charge in [-0.2, -0.15) is 0 Å². The number of benzene rings is 2. The van der Waals surface area contributed by atoms with Crippen LogP contribution in [0.5, 0.6) is 0 Å². The number of anilines is 1. The Morgan fingerprint density at radius 3 is 2.48 bits per heavy atom. The first-order valence-electron chi connectivity index (χ1n) is 7.81. The van der Waals surface area contributed by atoms with Crippen molar-refractivity contribution in [2.45, 2.75) is 11.4 Å². The third-order valence-corrected chi connectivity index (χ3v) is 5.61. The molecule has 2 aromatic carbocycles. The third kappa shape index (κ3) is 4.49. The molecule has 1 aliphatic rings. The van der Waals surface area contributed by atoms with Crippen molar-refractivity contribution in [3.63, 3.8) is 0 Å². The lowest BCUT2D eigenvalue weighted by atomic mass is 10.1. The van der Waals surface area contributed by atoms with Crippen LogP contribution in [-0.2, 0) is 21.3 Å². The molecule has 1 aliphatic heterocycles. The molecule has 0 unspecified atom stereocenters. The average Bonchev–Trinajstić information content (AvgIpc) is 2.59. The van der Waals surface area contributed by atoms with Crippen molar-refractivity contribution in [3.05, 3.63) is 58.9 Å². The lowest BCUT2D eigenvalue weighted by molar-refractivity contribution is 0.0338. The normalized spacial score (nSPS) is 15.9. The van der Waals surface area contributed by atoms with Crippen LogP contribution >= 0.6 is 11.6 Å². The fourth-order valence-corrected chi connectivity index (χ4v) is 3.83. The Morgan fingerprint density at radius 1 is 1.12 bits per heavy atom. The molecule has 2 aromatic rings. The van der Waals surface area contributed by atoms with Crippen LogP contribution in [0.2, 0.25) is 5.02 Å². The summed E-state index contributed by atoms with van der Waals surface area (Å²) in [6.45, 7) is 2.84. The van der Waals surface area contributed by atoms with Crippen LogP contribution in [0.15, 0.2) is 47.4 Å². The predicted octanol–water partition coefficient (Wildman–Crippen LogP) is 3.11. The maximum absolute atomic E-state index is 14.3. The molecule has 8 heteroatoms. The number of hydrogen-bond donors (Lipinski definition) is 1. The second kappa shape index (κ2) is 7.70. The van der Waals surface area contributed by atoms with Crippen molar-refractivity contribution in [1.29, 1.82) is 0 Å². The molecule has 0 radical (unpaired) electrons. The van der Waals surface area contributed by atoms with E-state index in [2.05, 4.69) is 4.72 Å². The van der Waals surface area contributed by atoms with E-state index >= 15 is 0 Å². The van der Waals surface area contributed by atoms with E-state index in [0.717, 1.165) is 0 Å². The highest BCUT2D eigenvalue weighted by Gasteiger charge is 2.20. The van der Waals surface area contributed by atoms with E-state index in [1.807, 2.05) is 4.90 Å². The van der Waals surface area contributed by atoms with Gasteiger partial charge in [-0.3, -0.25) is 9.62 Å². The number of nitrogens with one attached hydrogen (secondary N) is 1. The Morgan fingerprint density at radius 2 is 1.80 bits per heavy atom. The number of morpholine rings is 1. The van der Waals surface area contributed by atoms with Crippen LogP contribution in [0.25, 0.3) is 0 Å². The monoisotopic (exact) mass is 384 g/mol. The Labute approximate surface area is 151 Å².